The summed E-state index contributed by atoms with van der Waals surface area (Å²) in [6.45, 7) is 2.03. The van der Waals surface area contributed by atoms with Crippen molar-refractivity contribution in [3.63, 3.8) is 0 Å². The van der Waals surface area contributed by atoms with Gasteiger partial charge in [0.15, 0.2) is 5.82 Å². The summed E-state index contributed by atoms with van der Waals surface area (Å²) in [5.41, 5.74) is 4.95. The van der Waals surface area contributed by atoms with E-state index in [1.165, 1.54) is 6.33 Å². The van der Waals surface area contributed by atoms with Crippen LogP contribution in [0.5, 0.6) is 0 Å². The SMILES string of the molecule is Cc1csc2ncnc(N/N=C\c3ccccc3Cl)c12. The molecule has 3 aromatic rings. The zero-order valence-electron chi connectivity index (χ0n) is 10.7. The fourth-order valence-electron chi connectivity index (χ4n) is 1.84. The zero-order chi connectivity index (χ0) is 13.9. The highest BCUT2D eigenvalue weighted by molar-refractivity contribution is 7.17. The lowest BCUT2D eigenvalue weighted by molar-refractivity contribution is 1.19. The number of aromatic nitrogens is 2. The smallest absolute Gasteiger partial charge is 0.158 e. The molecule has 20 heavy (non-hydrogen) atoms. The maximum atomic E-state index is 6.07. The minimum Gasteiger partial charge on any atom is -0.261 e. The first kappa shape index (κ1) is 13.0. The summed E-state index contributed by atoms with van der Waals surface area (Å²) in [5, 5.41) is 7.93. The van der Waals surface area contributed by atoms with E-state index in [-0.39, 0.29) is 0 Å². The molecule has 0 saturated heterocycles. The Morgan fingerprint density at radius 2 is 2.15 bits per heavy atom. The van der Waals surface area contributed by atoms with E-state index in [0.717, 1.165) is 21.3 Å². The average Bonchev–Trinajstić information content (AvgIpc) is 2.84. The Morgan fingerprint density at radius 1 is 1.30 bits per heavy atom. The second-order valence-corrected chi connectivity index (χ2v) is 5.48. The highest BCUT2D eigenvalue weighted by atomic mass is 35.5. The number of nitrogens with zero attached hydrogens (tertiary/aromatic N) is 3. The molecule has 0 atom stereocenters. The number of rotatable bonds is 3. The standard InChI is InChI=1S/C14H11ClN4S/c1-9-7-20-14-12(9)13(16-8-17-14)19-18-6-10-4-2-3-5-11(10)15/h2-8H,1H3,(H,16,17,19)/b18-6-. The first-order valence-electron chi connectivity index (χ1n) is 5.98. The van der Waals surface area contributed by atoms with Gasteiger partial charge in [0.1, 0.15) is 11.2 Å². The van der Waals surface area contributed by atoms with Crippen molar-refractivity contribution in [3.8, 4) is 0 Å². The number of thiophene rings is 1. The van der Waals surface area contributed by atoms with Crippen molar-refractivity contribution in [2.24, 2.45) is 5.10 Å². The van der Waals surface area contributed by atoms with Crippen LogP contribution >= 0.6 is 22.9 Å². The molecule has 0 unspecified atom stereocenters. The molecular formula is C14H11ClN4S. The predicted octanol–water partition coefficient (Wildman–Crippen LogP) is 4.10. The third kappa shape index (κ3) is 2.50. The minimum atomic E-state index is 0.664. The quantitative estimate of drug-likeness (QED) is 0.585. The lowest BCUT2D eigenvalue weighted by atomic mass is 10.2. The van der Waals surface area contributed by atoms with Crippen LogP contribution in [0.3, 0.4) is 0 Å². The largest absolute Gasteiger partial charge is 0.261 e. The number of halogens is 1. The summed E-state index contributed by atoms with van der Waals surface area (Å²) in [4.78, 5) is 9.42. The molecule has 0 fully saturated rings. The molecule has 1 aromatic carbocycles. The first-order chi connectivity index (χ1) is 9.75. The molecule has 1 N–H and O–H groups in total. The van der Waals surface area contributed by atoms with E-state index in [1.807, 2.05) is 31.2 Å². The van der Waals surface area contributed by atoms with E-state index >= 15 is 0 Å². The molecule has 0 bridgehead atoms. The molecular weight excluding hydrogens is 292 g/mol. The van der Waals surface area contributed by atoms with E-state index < -0.39 is 0 Å². The molecule has 3 rings (SSSR count). The minimum absolute atomic E-state index is 0.664. The Balaban J connectivity index is 1.87. The predicted molar refractivity (Wildman–Crippen MR) is 84.8 cm³/mol. The number of nitrogens with one attached hydrogen (secondary N) is 1. The zero-order valence-corrected chi connectivity index (χ0v) is 12.2. The normalized spacial score (nSPS) is 11.3. The van der Waals surface area contributed by atoms with Crippen molar-refractivity contribution in [1.29, 1.82) is 0 Å². The maximum absolute atomic E-state index is 6.07. The van der Waals surface area contributed by atoms with E-state index in [1.54, 1.807) is 17.6 Å². The molecule has 100 valence electrons. The molecule has 6 heteroatoms. The fraction of sp³-hybridized carbons (Fsp3) is 0.0714. The number of aryl methyl sites for hydroxylation is 1. The topological polar surface area (TPSA) is 50.2 Å². The van der Waals surface area contributed by atoms with Crippen LogP contribution in [0.4, 0.5) is 5.82 Å². The van der Waals surface area contributed by atoms with Crippen LogP contribution in [-0.4, -0.2) is 16.2 Å². The number of hydrazone groups is 1. The first-order valence-corrected chi connectivity index (χ1v) is 7.24. The molecule has 2 aromatic heterocycles. The van der Waals surface area contributed by atoms with Gasteiger partial charge in [0, 0.05) is 10.6 Å². The maximum Gasteiger partial charge on any atom is 0.158 e. The summed E-state index contributed by atoms with van der Waals surface area (Å²) in [7, 11) is 0. The molecule has 0 spiro atoms. The highest BCUT2D eigenvalue weighted by Gasteiger charge is 2.07. The van der Waals surface area contributed by atoms with Crippen molar-refractivity contribution >= 4 is 45.2 Å². The van der Waals surface area contributed by atoms with E-state index in [0.29, 0.717) is 10.8 Å². The van der Waals surface area contributed by atoms with Crippen LogP contribution in [0.2, 0.25) is 5.02 Å². The van der Waals surface area contributed by atoms with Crippen LogP contribution in [-0.2, 0) is 0 Å². The molecule has 2 heterocycles. The number of hydrogen-bond acceptors (Lipinski definition) is 5. The summed E-state index contributed by atoms with van der Waals surface area (Å²) >= 11 is 7.66. The summed E-state index contributed by atoms with van der Waals surface area (Å²) in [5.74, 6) is 0.706. The number of hydrogen-bond donors (Lipinski definition) is 1. The second-order valence-electron chi connectivity index (χ2n) is 4.21. The van der Waals surface area contributed by atoms with Gasteiger partial charge in [-0.15, -0.1) is 11.3 Å². The van der Waals surface area contributed by atoms with E-state index in [9.17, 15) is 0 Å². The van der Waals surface area contributed by atoms with Crippen LogP contribution in [0.15, 0.2) is 41.1 Å². The van der Waals surface area contributed by atoms with Gasteiger partial charge in [0.05, 0.1) is 11.6 Å². The van der Waals surface area contributed by atoms with Gasteiger partial charge in [-0.05, 0) is 23.9 Å². The van der Waals surface area contributed by atoms with Gasteiger partial charge in [-0.25, -0.2) is 9.97 Å². The second kappa shape index (κ2) is 5.56. The molecule has 0 aliphatic carbocycles. The Kier molecular flexibility index (Phi) is 3.62. The summed E-state index contributed by atoms with van der Waals surface area (Å²) < 4.78 is 0. The van der Waals surface area contributed by atoms with Gasteiger partial charge in [0.25, 0.3) is 0 Å². The molecule has 0 saturated carbocycles. The van der Waals surface area contributed by atoms with Gasteiger partial charge >= 0.3 is 0 Å². The number of anilines is 1. The van der Waals surface area contributed by atoms with Gasteiger partial charge in [-0.1, -0.05) is 29.8 Å². The van der Waals surface area contributed by atoms with Gasteiger partial charge in [0.2, 0.25) is 0 Å². The van der Waals surface area contributed by atoms with Gasteiger partial charge in [-0.3, -0.25) is 5.43 Å². The van der Waals surface area contributed by atoms with Crippen LogP contribution in [0.1, 0.15) is 11.1 Å². The molecule has 0 aliphatic rings. The number of fused-ring (bicyclic) bond motifs is 1. The van der Waals surface area contributed by atoms with Crippen LogP contribution in [0.25, 0.3) is 10.2 Å². The van der Waals surface area contributed by atoms with Crippen molar-refractivity contribution in [1.82, 2.24) is 9.97 Å². The van der Waals surface area contributed by atoms with Crippen molar-refractivity contribution < 1.29 is 0 Å². The third-order valence-electron chi connectivity index (χ3n) is 2.83. The van der Waals surface area contributed by atoms with Crippen molar-refractivity contribution in [2.45, 2.75) is 6.92 Å². The van der Waals surface area contributed by atoms with Crippen LogP contribution in [0, 0.1) is 6.92 Å². The fourth-order valence-corrected chi connectivity index (χ4v) is 2.92. The Bertz CT molecular complexity index is 782. The molecule has 4 nitrogen and oxygen atoms in total. The van der Waals surface area contributed by atoms with E-state index in [2.05, 4.69) is 25.9 Å². The number of benzene rings is 1. The molecule has 0 radical (unpaired) electrons. The van der Waals surface area contributed by atoms with Crippen molar-refractivity contribution in [2.75, 3.05) is 5.43 Å². The summed E-state index contributed by atoms with van der Waals surface area (Å²) in [6.07, 6.45) is 3.21. The van der Waals surface area contributed by atoms with Gasteiger partial charge in [-0.2, -0.15) is 5.10 Å². The molecule has 0 amide bonds. The lowest BCUT2D eigenvalue weighted by Gasteiger charge is -2.02. The van der Waals surface area contributed by atoms with Crippen molar-refractivity contribution in [3.05, 3.63) is 52.1 Å². The van der Waals surface area contributed by atoms with Crippen LogP contribution < -0.4 is 5.43 Å². The molecule has 0 aliphatic heterocycles. The Labute approximate surface area is 125 Å². The lowest BCUT2D eigenvalue weighted by Crippen LogP contribution is -1.95. The van der Waals surface area contributed by atoms with E-state index in [4.69, 9.17) is 11.6 Å². The Hall–Kier alpha value is -1.98. The highest BCUT2D eigenvalue weighted by Crippen LogP contribution is 2.28. The Morgan fingerprint density at radius 3 is 3.00 bits per heavy atom. The summed E-state index contributed by atoms with van der Waals surface area (Å²) in [6, 6.07) is 7.53. The van der Waals surface area contributed by atoms with Gasteiger partial charge < -0.3 is 0 Å². The average molecular weight is 303 g/mol. The third-order valence-corrected chi connectivity index (χ3v) is 4.18. The monoisotopic (exact) mass is 302 g/mol.